The van der Waals surface area contributed by atoms with Crippen molar-refractivity contribution < 1.29 is 4.79 Å². The standard InChI is InChI=1S/C16H24N4O/c1-3-6-11-14-16(19(2)18-11)20-12-8-5-4-7-10(12)9-13(20)15(21)17-14/h10,12-13H,3-9H2,1-2H3,(H,17,21). The van der Waals surface area contributed by atoms with E-state index in [9.17, 15) is 4.79 Å². The fourth-order valence-corrected chi connectivity index (χ4v) is 4.61. The molecule has 0 spiro atoms. The van der Waals surface area contributed by atoms with Crippen LogP contribution < -0.4 is 10.2 Å². The van der Waals surface area contributed by atoms with Crippen molar-refractivity contribution in [1.82, 2.24) is 9.78 Å². The molecule has 3 unspecified atom stereocenters. The van der Waals surface area contributed by atoms with Crippen LogP contribution in [0.4, 0.5) is 11.5 Å². The van der Waals surface area contributed by atoms with E-state index in [-0.39, 0.29) is 11.9 Å². The van der Waals surface area contributed by atoms with Crippen LogP contribution in [0.25, 0.3) is 0 Å². The van der Waals surface area contributed by atoms with E-state index in [2.05, 4.69) is 22.2 Å². The van der Waals surface area contributed by atoms with E-state index in [1.807, 2.05) is 11.7 Å². The maximum Gasteiger partial charge on any atom is 0.247 e. The molecule has 21 heavy (non-hydrogen) atoms. The average Bonchev–Trinajstić information content (AvgIpc) is 2.99. The number of fused-ring (bicyclic) bond motifs is 5. The monoisotopic (exact) mass is 288 g/mol. The number of aromatic nitrogens is 2. The minimum atomic E-state index is 0.0236. The molecule has 1 N–H and O–H groups in total. The molecule has 1 amide bonds. The van der Waals surface area contributed by atoms with Crippen LogP contribution in [0.15, 0.2) is 0 Å². The van der Waals surface area contributed by atoms with Crippen molar-refractivity contribution in [3.8, 4) is 0 Å². The minimum absolute atomic E-state index is 0.0236. The zero-order valence-corrected chi connectivity index (χ0v) is 12.9. The fourth-order valence-electron chi connectivity index (χ4n) is 4.61. The van der Waals surface area contributed by atoms with E-state index in [4.69, 9.17) is 0 Å². The van der Waals surface area contributed by atoms with Crippen molar-refractivity contribution >= 4 is 17.4 Å². The van der Waals surface area contributed by atoms with Crippen LogP contribution in [0, 0.1) is 5.92 Å². The van der Waals surface area contributed by atoms with E-state index >= 15 is 0 Å². The van der Waals surface area contributed by atoms with Gasteiger partial charge in [0.05, 0.1) is 5.69 Å². The highest BCUT2D eigenvalue weighted by atomic mass is 16.2. The van der Waals surface area contributed by atoms with Crippen molar-refractivity contribution in [2.45, 2.75) is 64.0 Å². The molecule has 1 aromatic heterocycles. The van der Waals surface area contributed by atoms with Crippen LogP contribution in [0.2, 0.25) is 0 Å². The van der Waals surface area contributed by atoms with Gasteiger partial charge in [-0.2, -0.15) is 5.10 Å². The zero-order chi connectivity index (χ0) is 14.6. The minimum Gasteiger partial charge on any atom is -0.340 e. The molecule has 3 atom stereocenters. The predicted octanol–water partition coefficient (Wildman–Crippen LogP) is 2.46. The molecule has 0 bridgehead atoms. The van der Waals surface area contributed by atoms with Crippen molar-refractivity contribution in [1.29, 1.82) is 0 Å². The first-order valence-corrected chi connectivity index (χ1v) is 8.35. The molecule has 1 aromatic rings. The largest absolute Gasteiger partial charge is 0.340 e. The molecule has 1 saturated heterocycles. The first-order chi connectivity index (χ1) is 10.2. The molecule has 2 aliphatic heterocycles. The molecular weight excluding hydrogens is 264 g/mol. The Kier molecular flexibility index (Phi) is 2.98. The summed E-state index contributed by atoms with van der Waals surface area (Å²) in [5, 5.41) is 7.83. The Balaban J connectivity index is 1.79. The Hall–Kier alpha value is -1.52. The Labute approximate surface area is 125 Å². The van der Waals surface area contributed by atoms with Gasteiger partial charge in [0.25, 0.3) is 0 Å². The van der Waals surface area contributed by atoms with E-state index in [0.717, 1.165) is 36.5 Å². The van der Waals surface area contributed by atoms with Gasteiger partial charge in [-0.05, 0) is 31.6 Å². The molecule has 3 heterocycles. The summed E-state index contributed by atoms with van der Waals surface area (Å²) < 4.78 is 1.99. The lowest BCUT2D eigenvalue weighted by Gasteiger charge is -2.38. The van der Waals surface area contributed by atoms with Gasteiger partial charge in [0.15, 0.2) is 5.82 Å². The van der Waals surface area contributed by atoms with Crippen molar-refractivity contribution in [3.05, 3.63) is 5.69 Å². The number of anilines is 2. The lowest BCUT2D eigenvalue weighted by molar-refractivity contribution is -0.117. The second-order valence-corrected chi connectivity index (χ2v) is 6.78. The van der Waals surface area contributed by atoms with Gasteiger partial charge in [-0.3, -0.25) is 9.48 Å². The molecule has 1 aliphatic carbocycles. The van der Waals surface area contributed by atoms with Gasteiger partial charge in [-0.25, -0.2) is 0 Å². The van der Waals surface area contributed by atoms with Gasteiger partial charge in [-0.1, -0.05) is 26.2 Å². The topological polar surface area (TPSA) is 50.2 Å². The molecule has 1 saturated carbocycles. The molecule has 114 valence electrons. The molecule has 5 nitrogen and oxygen atoms in total. The Bertz CT molecular complexity index is 579. The van der Waals surface area contributed by atoms with Gasteiger partial charge in [-0.15, -0.1) is 0 Å². The van der Waals surface area contributed by atoms with Crippen LogP contribution in [0.5, 0.6) is 0 Å². The molecule has 3 aliphatic rings. The Morgan fingerprint density at radius 3 is 2.95 bits per heavy atom. The van der Waals surface area contributed by atoms with E-state index in [1.54, 1.807) is 0 Å². The highest BCUT2D eigenvalue weighted by molar-refractivity contribution is 6.04. The van der Waals surface area contributed by atoms with Gasteiger partial charge in [0, 0.05) is 13.1 Å². The number of hydrogen-bond donors (Lipinski definition) is 1. The molecular formula is C16H24N4O. The van der Waals surface area contributed by atoms with Crippen LogP contribution in [0.1, 0.15) is 51.1 Å². The number of aryl methyl sites for hydroxylation is 2. The van der Waals surface area contributed by atoms with Crippen molar-refractivity contribution in [3.63, 3.8) is 0 Å². The second kappa shape index (κ2) is 4.75. The van der Waals surface area contributed by atoms with E-state index < -0.39 is 0 Å². The smallest absolute Gasteiger partial charge is 0.247 e. The number of carbonyl (C=O) groups is 1. The average molecular weight is 288 g/mol. The zero-order valence-electron chi connectivity index (χ0n) is 12.9. The fraction of sp³-hybridized carbons (Fsp3) is 0.750. The van der Waals surface area contributed by atoms with Crippen molar-refractivity contribution in [2.24, 2.45) is 13.0 Å². The predicted molar refractivity (Wildman–Crippen MR) is 82.5 cm³/mol. The Morgan fingerprint density at radius 2 is 2.14 bits per heavy atom. The maximum atomic E-state index is 12.6. The Morgan fingerprint density at radius 1 is 1.33 bits per heavy atom. The van der Waals surface area contributed by atoms with E-state index in [0.29, 0.717) is 12.0 Å². The summed E-state index contributed by atoms with van der Waals surface area (Å²) >= 11 is 0. The maximum absolute atomic E-state index is 12.6. The summed E-state index contributed by atoms with van der Waals surface area (Å²) in [7, 11) is 2.02. The summed E-state index contributed by atoms with van der Waals surface area (Å²) in [5.41, 5.74) is 2.02. The summed E-state index contributed by atoms with van der Waals surface area (Å²) in [4.78, 5) is 15.0. The first-order valence-electron chi connectivity index (χ1n) is 8.35. The lowest BCUT2D eigenvalue weighted by atomic mass is 9.85. The van der Waals surface area contributed by atoms with Crippen molar-refractivity contribution in [2.75, 3.05) is 10.2 Å². The number of amides is 1. The van der Waals surface area contributed by atoms with Crippen LogP contribution in [-0.4, -0.2) is 27.8 Å². The molecule has 0 aromatic carbocycles. The molecule has 4 rings (SSSR count). The normalized spacial score (nSPS) is 30.7. The highest BCUT2D eigenvalue weighted by Crippen LogP contribution is 2.47. The second-order valence-electron chi connectivity index (χ2n) is 6.78. The number of hydrogen-bond acceptors (Lipinski definition) is 3. The lowest BCUT2D eigenvalue weighted by Crippen LogP contribution is -2.48. The van der Waals surface area contributed by atoms with Crippen LogP contribution in [0.3, 0.4) is 0 Å². The van der Waals surface area contributed by atoms with Gasteiger partial charge >= 0.3 is 0 Å². The highest BCUT2D eigenvalue weighted by Gasteiger charge is 2.49. The summed E-state index contributed by atoms with van der Waals surface area (Å²) in [5.74, 6) is 2.02. The molecule has 0 radical (unpaired) electrons. The third-order valence-corrected chi connectivity index (χ3v) is 5.46. The van der Waals surface area contributed by atoms with Gasteiger partial charge in [0.1, 0.15) is 11.7 Å². The third-order valence-electron chi connectivity index (χ3n) is 5.46. The number of nitrogens with one attached hydrogen (secondary N) is 1. The number of carbonyl (C=O) groups excluding carboxylic acids is 1. The molecule has 5 heteroatoms. The summed E-state index contributed by atoms with van der Waals surface area (Å²) in [6.45, 7) is 2.15. The van der Waals surface area contributed by atoms with Gasteiger partial charge in [0.2, 0.25) is 5.91 Å². The van der Waals surface area contributed by atoms with E-state index in [1.165, 1.54) is 25.7 Å². The first kappa shape index (κ1) is 13.2. The SMILES string of the molecule is CCCc1nn(C)c2c1NC(=O)C1CC3CCCCC3N21. The van der Waals surface area contributed by atoms with Crippen LogP contribution >= 0.6 is 0 Å². The number of nitrogens with zero attached hydrogens (tertiary/aromatic N) is 3. The van der Waals surface area contributed by atoms with Gasteiger partial charge < -0.3 is 10.2 Å². The summed E-state index contributed by atoms with van der Waals surface area (Å²) in [6, 6.07) is 0.564. The number of rotatable bonds is 2. The van der Waals surface area contributed by atoms with Crippen LogP contribution in [-0.2, 0) is 18.3 Å². The molecule has 2 fully saturated rings. The quantitative estimate of drug-likeness (QED) is 0.909. The third kappa shape index (κ3) is 1.82. The summed E-state index contributed by atoms with van der Waals surface area (Å²) in [6.07, 6.45) is 8.11.